The van der Waals surface area contributed by atoms with Crippen LogP contribution in [-0.4, -0.2) is 27.7 Å². The van der Waals surface area contributed by atoms with Crippen molar-refractivity contribution in [2.24, 2.45) is 0 Å². The van der Waals surface area contributed by atoms with Crippen LogP contribution in [0, 0.1) is 0 Å². The minimum absolute atomic E-state index is 0.201. The zero-order chi connectivity index (χ0) is 15.4. The van der Waals surface area contributed by atoms with Crippen molar-refractivity contribution < 1.29 is 0 Å². The second-order valence-electron chi connectivity index (χ2n) is 5.72. The molecule has 3 nitrogen and oxygen atoms in total. The molecule has 1 aliphatic heterocycles. The second kappa shape index (κ2) is 6.97. The van der Waals surface area contributed by atoms with Gasteiger partial charge < -0.3 is 14.8 Å². The molecule has 0 bridgehead atoms. The van der Waals surface area contributed by atoms with E-state index in [0.717, 1.165) is 31.2 Å². The number of nitrogens with zero attached hydrogens (tertiary/aromatic N) is 2. The third-order valence-electron chi connectivity index (χ3n) is 4.22. The first-order valence-corrected chi connectivity index (χ1v) is 8.46. The maximum absolute atomic E-state index is 5.67. The zero-order valence-electron chi connectivity index (χ0n) is 13.0. The quantitative estimate of drug-likeness (QED) is 0.688. The highest BCUT2D eigenvalue weighted by Gasteiger charge is 2.30. The van der Waals surface area contributed by atoms with Crippen LogP contribution >= 0.6 is 12.2 Å². The molecular formula is C18H23N3S. The number of hydrogen-bond donors (Lipinski definition) is 1. The van der Waals surface area contributed by atoms with Gasteiger partial charge in [-0.3, -0.25) is 0 Å². The minimum atomic E-state index is 0.201. The number of fused-ring (bicyclic) bond motifs is 1. The highest BCUT2D eigenvalue weighted by molar-refractivity contribution is 7.80. The predicted octanol–water partition coefficient (Wildman–Crippen LogP) is 3.57. The van der Waals surface area contributed by atoms with Gasteiger partial charge in [-0.1, -0.05) is 43.7 Å². The van der Waals surface area contributed by atoms with Crippen LogP contribution in [0.3, 0.4) is 0 Å². The molecule has 0 fully saturated rings. The molecular weight excluding hydrogens is 290 g/mol. The van der Waals surface area contributed by atoms with Crippen LogP contribution in [0.1, 0.15) is 37.1 Å². The first kappa shape index (κ1) is 15.1. The summed E-state index contributed by atoms with van der Waals surface area (Å²) in [4.78, 5) is 2.33. The number of hydrogen-bond acceptors (Lipinski definition) is 1. The van der Waals surface area contributed by atoms with Gasteiger partial charge in [-0.05, 0) is 36.3 Å². The molecule has 0 saturated heterocycles. The summed E-state index contributed by atoms with van der Waals surface area (Å²) in [6.45, 7) is 5.08. The maximum Gasteiger partial charge on any atom is 0.169 e. The molecule has 3 rings (SSSR count). The molecule has 1 atom stereocenters. The number of nitrogens with one attached hydrogen (secondary N) is 1. The van der Waals surface area contributed by atoms with Gasteiger partial charge in [-0.15, -0.1) is 0 Å². The van der Waals surface area contributed by atoms with Gasteiger partial charge in [0.25, 0.3) is 0 Å². The number of benzene rings is 1. The Hall–Kier alpha value is -1.81. The van der Waals surface area contributed by atoms with Crippen LogP contribution in [-0.2, 0) is 6.54 Å². The van der Waals surface area contributed by atoms with E-state index in [1.165, 1.54) is 17.7 Å². The lowest BCUT2D eigenvalue weighted by Gasteiger charge is -2.39. The average Bonchev–Trinajstić information content (AvgIpc) is 3.03. The van der Waals surface area contributed by atoms with E-state index < -0.39 is 0 Å². The van der Waals surface area contributed by atoms with Gasteiger partial charge >= 0.3 is 0 Å². The van der Waals surface area contributed by atoms with E-state index in [-0.39, 0.29) is 6.04 Å². The molecule has 0 amide bonds. The SMILES string of the molecule is CCCCNC(=S)N1CCn2cccc2[C@H]1c1ccccc1. The Morgan fingerprint density at radius 3 is 2.77 bits per heavy atom. The molecule has 0 aliphatic carbocycles. The Morgan fingerprint density at radius 2 is 2.00 bits per heavy atom. The van der Waals surface area contributed by atoms with Crippen molar-refractivity contribution in [1.29, 1.82) is 0 Å². The van der Waals surface area contributed by atoms with E-state index in [2.05, 4.69) is 70.4 Å². The second-order valence-corrected chi connectivity index (χ2v) is 6.11. The first-order chi connectivity index (χ1) is 10.8. The van der Waals surface area contributed by atoms with Crippen molar-refractivity contribution in [2.45, 2.75) is 32.4 Å². The Kier molecular flexibility index (Phi) is 4.78. The first-order valence-electron chi connectivity index (χ1n) is 8.05. The van der Waals surface area contributed by atoms with E-state index in [0.29, 0.717) is 0 Å². The molecule has 4 heteroatoms. The third kappa shape index (κ3) is 3.02. The van der Waals surface area contributed by atoms with Gasteiger partial charge in [0.05, 0.1) is 6.04 Å². The van der Waals surface area contributed by atoms with E-state index in [9.17, 15) is 0 Å². The molecule has 0 unspecified atom stereocenters. The Balaban J connectivity index is 1.87. The highest BCUT2D eigenvalue weighted by Crippen LogP contribution is 2.32. The Bertz CT molecular complexity index is 620. The van der Waals surface area contributed by atoms with Crippen LogP contribution < -0.4 is 5.32 Å². The molecule has 1 aromatic carbocycles. The summed E-state index contributed by atoms with van der Waals surface area (Å²) in [7, 11) is 0. The Morgan fingerprint density at radius 1 is 1.18 bits per heavy atom. The lowest BCUT2D eigenvalue weighted by atomic mass is 10.0. The van der Waals surface area contributed by atoms with E-state index in [1.807, 2.05) is 0 Å². The van der Waals surface area contributed by atoms with Crippen molar-refractivity contribution in [3.63, 3.8) is 0 Å². The summed E-state index contributed by atoms with van der Waals surface area (Å²) in [6.07, 6.45) is 4.50. The monoisotopic (exact) mass is 313 g/mol. The van der Waals surface area contributed by atoms with Crippen LogP contribution in [0.25, 0.3) is 0 Å². The topological polar surface area (TPSA) is 20.2 Å². The van der Waals surface area contributed by atoms with Gasteiger partial charge in [-0.2, -0.15) is 0 Å². The molecule has 2 aromatic rings. The molecule has 0 radical (unpaired) electrons. The Labute approximate surface area is 137 Å². The van der Waals surface area contributed by atoms with Gasteiger partial charge in [0.1, 0.15) is 0 Å². The highest BCUT2D eigenvalue weighted by atomic mass is 32.1. The molecule has 1 aromatic heterocycles. The summed E-state index contributed by atoms with van der Waals surface area (Å²) >= 11 is 5.67. The predicted molar refractivity (Wildman–Crippen MR) is 94.9 cm³/mol. The molecule has 22 heavy (non-hydrogen) atoms. The summed E-state index contributed by atoms with van der Waals surface area (Å²) in [6, 6.07) is 15.2. The van der Waals surface area contributed by atoms with Crippen molar-refractivity contribution in [3.8, 4) is 0 Å². The fraction of sp³-hybridized carbons (Fsp3) is 0.389. The number of aromatic nitrogens is 1. The normalized spacial score (nSPS) is 17.1. The minimum Gasteiger partial charge on any atom is -0.363 e. The zero-order valence-corrected chi connectivity index (χ0v) is 13.9. The van der Waals surface area contributed by atoms with E-state index in [4.69, 9.17) is 12.2 Å². The molecule has 1 N–H and O–H groups in total. The third-order valence-corrected chi connectivity index (χ3v) is 4.60. The number of unbranched alkanes of at least 4 members (excludes halogenated alkanes) is 1. The lowest BCUT2D eigenvalue weighted by molar-refractivity contribution is 0.286. The van der Waals surface area contributed by atoms with Gasteiger partial charge in [0.15, 0.2) is 5.11 Å². The van der Waals surface area contributed by atoms with Crippen LogP contribution in [0.15, 0.2) is 48.7 Å². The lowest BCUT2D eigenvalue weighted by Crippen LogP contribution is -2.47. The molecule has 116 valence electrons. The standard InChI is InChI=1S/C18H23N3S/c1-2-3-11-19-18(22)21-14-13-20-12-7-10-16(20)17(21)15-8-5-4-6-9-15/h4-10,12,17H,2-3,11,13-14H2,1H3,(H,19,22)/t17-/m1/s1. The van der Waals surface area contributed by atoms with Gasteiger partial charge in [0.2, 0.25) is 0 Å². The summed E-state index contributed by atoms with van der Waals surface area (Å²) in [5.74, 6) is 0. The summed E-state index contributed by atoms with van der Waals surface area (Å²) in [5, 5.41) is 4.29. The fourth-order valence-corrected chi connectivity index (χ4v) is 3.36. The van der Waals surface area contributed by atoms with Crippen LogP contribution in [0.5, 0.6) is 0 Å². The molecule has 2 heterocycles. The van der Waals surface area contributed by atoms with E-state index >= 15 is 0 Å². The van der Waals surface area contributed by atoms with Crippen LogP contribution in [0.2, 0.25) is 0 Å². The molecule has 1 aliphatic rings. The average molecular weight is 313 g/mol. The number of thiocarbonyl (C=S) groups is 1. The molecule has 0 saturated carbocycles. The summed E-state index contributed by atoms with van der Waals surface area (Å²) in [5.41, 5.74) is 2.61. The smallest absolute Gasteiger partial charge is 0.169 e. The number of rotatable bonds is 4. The largest absolute Gasteiger partial charge is 0.363 e. The van der Waals surface area contributed by atoms with Crippen molar-refractivity contribution in [3.05, 3.63) is 59.9 Å². The van der Waals surface area contributed by atoms with Crippen molar-refractivity contribution >= 4 is 17.3 Å². The molecule has 0 spiro atoms. The van der Waals surface area contributed by atoms with Gasteiger partial charge in [-0.25, -0.2) is 0 Å². The fourth-order valence-electron chi connectivity index (χ4n) is 3.06. The van der Waals surface area contributed by atoms with Gasteiger partial charge in [0, 0.05) is 31.5 Å². The van der Waals surface area contributed by atoms with Crippen molar-refractivity contribution in [2.75, 3.05) is 13.1 Å². The summed E-state index contributed by atoms with van der Waals surface area (Å²) < 4.78 is 2.34. The van der Waals surface area contributed by atoms with Crippen LogP contribution in [0.4, 0.5) is 0 Å². The van der Waals surface area contributed by atoms with Crippen molar-refractivity contribution in [1.82, 2.24) is 14.8 Å². The maximum atomic E-state index is 5.67. The van der Waals surface area contributed by atoms with E-state index in [1.54, 1.807) is 0 Å².